The average molecular weight is 392 g/mol. The van der Waals surface area contributed by atoms with Crippen LogP contribution in [0, 0.1) is 5.82 Å². The fourth-order valence-electron chi connectivity index (χ4n) is 2.61. The number of halogens is 1. The average Bonchev–Trinajstić information content (AvgIpc) is 2.75. The van der Waals surface area contributed by atoms with Crippen LogP contribution in [-0.2, 0) is 4.74 Å². The van der Waals surface area contributed by atoms with E-state index in [4.69, 9.17) is 4.74 Å². The monoisotopic (exact) mass is 392 g/mol. The third-order valence-electron chi connectivity index (χ3n) is 4.07. The van der Waals surface area contributed by atoms with E-state index < -0.39 is 23.6 Å². The molecule has 29 heavy (non-hydrogen) atoms. The van der Waals surface area contributed by atoms with Crippen LogP contribution in [0.3, 0.4) is 0 Å². The fourth-order valence-corrected chi connectivity index (χ4v) is 2.61. The van der Waals surface area contributed by atoms with E-state index in [0.717, 1.165) is 0 Å². The Morgan fingerprint density at radius 2 is 1.41 bits per heavy atom. The van der Waals surface area contributed by atoms with Gasteiger partial charge < -0.3 is 15.4 Å². The molecule has 6 nitrogen and oxygen atoms in total. The van der Waals surface area contributed by atoms with Crippen molar-refractivity contribution in [2.75, 3.05) is 17.7 Å². The van der Waals surface area contributed by atoms with Crippen molar-refractivity contribution in [3.8, 4) is 0 Å². The number of hydrogen-bond donors (Lipinski definition) is 2. The number of carbonyl (C=O) groups is 3. The van der Waals surface area contributed by atoms with Crippen LogP contribution < -0.4 is 10.6 Å². The van der Waals surface area contributed by atoms with E-state index in [-0.39, 0.29) is 16.7 Å². The summed E-state index contributed by atoms with van der Waals surface area (Å²) in [7, 11) is 1.25. The molecule has 0 saturated heterocycles. The second kappa shape index (κ2) is 8.79. The number of methoxy groups -OCH3 is 1. The largest absolute Gasteiger partial charge is 0.465 e. The lowest BCUT2D eigenvalue weighted by molar-refractivity contribution is 0.0601. The SMILES string of the molecule is COC(=O)c1ccccc1NC(=O)c1cccc(C(=O)Nc2ccc(F)cc2)c1. The first-order valence-corrected chi connectivity index (χ1v) is 8.63. The van der Waals surface area contributed by atoms with Gasteiger partial charge in [0.2, 0.25) is 0 Å². The number of hydrogen-bond acceptors (Lipinski definition) is 4. The molecule has 2 N–H and O–H groups in total. The van der Waals surface area contributed by atoms with Crippen molar-refractivity contribution in [2.24, 2.45) is 0 Å². The summed E-state index contributed by atoms with van der Waals surface area (Å²) in [5.74, 6) is -1.92. The standard InChI is InChI=1S/C22H17FN2O4/c1-29-22(28)18-7-2-3-8-19(18)25-21(27)15-6-4-5-14(13-15)20(26)24-17-11-9-16(23)10-12-17/h2-13H,1H3,(H,24,26)(H,25,27). The zero-order valence-corrected chi connectivity index (χ0v) is 15.4. The number of rotatable bonds is 5. The normalized spacial score (nSPS) is 10.1. The summed E-state index contributed by atoms with van der Waals surface area (Å²) in [4.78, 5) is 36.9. The Bertz CT molecular complexity index is 1060. The van der Waals surface area contributed by atoms with Crippen molar-refractivity contribution in [2.45, 2.75) is 0 Å². The fraction of sp³-hybridized carbons (Fsp3) is 0.0455. The molecule has 0 aromatic heterocycles. The second-order valence-corrected chi connectivity index (χ2v) is 6.03. The highest BCUT2D eigenvalue weighted by Gasteiger charge is 2.15. The van der Waals surface area contributed by atoms with E-state index in [0.29, 0.717) is 11.4 Å². The number of ether oxygens (including phenoxy) is 1. The molecular formula is C22H17FN2O4. The maximum atomic E-state index is 13.0. The minimum Gasteiger partial charge on any atom is -0.465 e. The third kappa shape index (κ3) is 4.84. The van der Waals surface area contributed by atoms with Crippen LogP contribution in [0.1, 0.15) is 31.1 Å². The van der Waals surface area contributed by atoms with E-state index in [1.807, 2.05) is 0 Å². The number of esters is 1. The van der Waals surface area contributed by atoms with Crippen LogP contribution in [0.4, 0.5) is 15.8 Å². The quantitative estimate of drug-likeness (QED) is 0.640. The Hall–Kier alpha value is -4.00. The summed E-state index contributed by atoms with van der Waals surface area (Å²) >= 11 is 0. The molecule has 7 heteroatoms. The molecule has 0 radical (unpaired) electrons. The van der Waals surface area contributed by atoms with Crippen molar-refractivity contribution >= 4 is 29.2 Å². The van der Waals surface area contributed by atoms with Gasteiger partial charge in [-0.2, -0.15) is 0 Å². The van der Waals surface area contributed by atoms with Crippen LogP contribution >= 0.6 is 0 Å². The van der Waals surface area contributed by atoms with Crippen LogP contribution in [0.2, 0.25) is 0 Å². The van der Waals surface area contributed by atoms with Crippen molar-refractivity contribution in [1.29, 1.82) is 0 Å². The molecule has 0 fully saturated rings. The molecule has 0 unspecified atom stereocenters. The number of carbonyl (C=O) groups excluding carboxylic acids is 3. The molecule has 0 heterocycles. The van der Waals surface area contributed by atoms with Gasteiger partial charge in [-0.05, 0) is 54.6 Å². The zero-order valence-electron chi connectivity index (χ0n) is 15.4. The molecule has 2 amide bonds. The van der Waals surface area contributed by atoms with Gasteiger partial charge >= 0.3 is 5.97 Å². The van der Waals surface area contributed by atoms with Gasteiger partial charge in [-0.1, -0.05) is 18.2 Å². The second-order valence-electron chi connectivity index (χ2n) is 6.03. The summed E-state index contributed by atoms with van der Waals surface area (Å²) in [5, 5.41) is 5.29. The first kappa shape index (κ1) is 19.8. The molecule has 146 valence electrons. The topological polar surface area (TPSA) is 84.5 Å². The molecule has 0 bridgehead atoms. The summed E-state index contributed by atoms with van der Waals surface area (Å²) in [6, 6.07) is 17.9. The predicted molar refractivity (Wildman–Crippen MR) is 107 cm³/mol. The number of anilines is 2. The first-order valence-electron chi connectivity index (χ1n) is 8.63. The summed E-state index contributed by atoms with van der Waals surface area (Å²) < 4.78 is 17.7. The van der Waals surface area contributed by atoms with E-state index in [1.54, 1.807) is 36.4 Å². The third-order valence-corrected chi connectivity index (χ3v) is 4.07. The highest BCUT2D eigenvalue weighted by molar-refractivity contribution is 6.10. The first-order chi connectivity index (χ1) is 14.0. The van der Waals surface area contributed by atoms with Crippen LogP contribution in [0.5, 0.6) is 0 Å². The van der Waals surface area contributed by atoms with Crippen LogP contribution in [0.15, 0.2) is 72.8 Å². The number of nitrogens with one attached hydrogen (secondary N) is 2. The van der Waals surface area contributed by atoms with Gasteiger partial charge in [-0.15, -0.1) is 0 Å². The molecule has 0 atom stereocenters. The highest BCUT2D eigenvalue weighted by atomic mass is 19.1. The lowest BCUT2D eigenvalue weighted by Gasteiger charge is -2.10. The lowest BCUT2D eigenvalue weighted by Crippen LogP contribution is -2.17. The lowest BCUT2D eigenvalue weighted by atomic mass is 10.1. The van der Waals surface area contributed by atoms with Gasteiger partial charge in [0.15, 0.2) is 0 Å². The van der Waals surface area contributed by atoms with Gasteiger partial charge in [0, 0.05) is 16.8 Å². The molecular weight excluding hydrogens is 375 g/mol. The summed E-state index contributed by atoms with van der Waals surface area (Å²) in [6.07, 6.45) is 0. The van der Waals surface area contributed by atoms with Gasteiger partial charge in [0.1, 0.15) is 5.82 Å². The molecule has 0 saturated carbocycles. The molecule has 0 aliphatic heterocycles. The smallest absolute Gasteiger partial charge is 0.339 e. The summed E-state index contributed by atoms with van der Waals surface area (Å²) in [5.41, 5.74) is 1.43. The Morgan fingerprint density at radius 3 is 2.07 bits per heavy atom. The van der Waals surface area contributed by atoms with Crippen LogP contribution in [0.25, 0.3) is 0 Å². The molecule has 3 rings (SSSR count). The Kier molecular flexibility index (Phi) is 5.99. The maximum Gasteiger partial charge on any atom is 0.339 e. The molecule has 3 aromatic rings. The van der Waals surface area contributed by atoms with Gasteiger partial charge in [0.05, 0.1) is 18.4 Å². The predicted octanol–water partition coefficient (Wildman–Crippen LogP) is 4.12. The molecule has 0 aliphatic carbocycles. The van der Waals surface area contributed by atoms with Crippen molar-refractivity contribution in [3.63, 3.8) is 0 Å². The Balaban J connectivity index is 1.77. The van der Waals surface area contributed by atoms with Crippen molar-refractivity contribution < 1.29 is 23.5 Å². The van der Waals surface area contributed by atoms with Crippen molar-refractivity contribution in [1.82, 2.24) is 0 Å². The van der Waals surface area contributed by atoms with E-state index in [1.165, 1.54) is 43.5 Å². The summed E-state index contributed by atoms with van der Waals surface area (Å²) in [6.45, 7) is 0. The molecule has 0 aliphatic rings. The Labute approximate surface area is 166 Å². The van der Waals surface area contributed by atoms with Gasteiger partial charge in [0.25, 0.3) is 11.8 Å². The van der Waals surface area contributed by atoms with Gasteiger partial charge in [-0.25, -0.2) is 9.18 Å². The minimum absolute atomic E-state index is 0.216. The number of benzene rings is 3. The Morgan fingerprint density at radius 1 is 0.793 bits per heavy atom. The number of amides is 2. The molecule has 0 spiro atoms. The van der Waals surface area contributed by atoms with Gasteiger partial charge in [-0.3, -0.25) is 9.59 Å². The van der Waals surface area contributed by atoms with Crippen LogP contribution in [-0.4, -0.2) is 24.9 Å². The van der Waals surface area contributed by atoms with E-state index in [9.17, 15) is 18.8 Å². The van der Waals surface area contributed by atoms with E-state index in [2.05, 4.69) is 10.6 Å². The minimum atomic E-state index is -0.576. The molecule has 3 aromatic carbocycles. The maximum absolute atomic E-state index is 13.0. The zero-order chi connectivity index (χ0) is 20.8. The number of para-hydroxylation sites is 1. The van der Waals surface area contributed by atoms with E-state index >= 15 is 0 Å². The van der Waals surface area contributed by atoms with Crippen molar-refractivity contribution in [3.05, 3.63) is 95.3 Å². The highest BCUT2D eigenvalue weighted by Crippen LogP contribution is 2.18.